The smallest absolute Gasteiger partial charge is 0.395 e. The maximum atomic E-state index is 12.5. The van der Waals surface area contributed by atoms with Crippen LogP contribution in [0.2, 0.25) is 5.02 Å². The van der Waals surface area contributed by atoms with Gasteiger partial charge in [0.15, 0.2) is 5.76 Å². The van der Waals surface area contributed by atoms with Gasteiger partial charge in [0.1, 0.15) is 4.92 Å². The number of nitrogens with one attached hydrogen (secondary N) is 1. The van der Waals surface area contributed by atoms with Gasteiger partial charge in [0.2, 0.25) is 5.91 Å². The Hall–Kier alpha value is -3.07. The van der Waals surface area contributed by atoms with Gasteiger partial charge < -0.3 is 19.5 Å². The second-order valence-electron chi connectivity index (χ2n) is 6.98. The molecule has 1 N–H and O–H groups in total. The average Bonchev–Trinajstić information content (AvgIpc) is 3.18. The molecule has 0 atom stereocenters. The van der Waals surface area contributed by atoms with Crippen molar-refractivity contribution in [3.8, 4) is 0 Å². The highest BCUT2D eigenvalue weighted by atomic mass is 35.5. The highest BCUT2D eigenvalue weighted by Crippen LogP contribution is 2.31. The highest BCUT2D eigenvalue weighted by Gasteiger charge is 2.25. The molecule has 2 heterocycles. The largest absolute Gasteiger partial charge is 0.433 e. The lowest BCUT2D eigenvalue weighted by atomic mass is 10.1. The number of amides is 2. The van der Waals surface area contributed by atoms with Crippen LogP contribution in [-0.4, -0.2) is 47.8 Å². The molecule has 0 aliphatic carbocycles. The van der Waals surface area contributed by atoms with E-state index >= 15 is 0 Å². The Bertz CT molecular complexity index is 934. The van der Waals surface area contributed by atoms with Crippen LogP contribution in [0, 0.1) is 16.0 Å². The number of carbonyl (C=O) groups excluding carboxylic acids is 2. The Labute approximate surface area is 172 Å². The maximum Gasteiger partial charge on any atom is 0.433 e. The first-order valence-electron chi connectivity index (χ1n) is 9.15. The minimum absolute atomic E-state index is 0.0516. The van der Waals surface area contributed by atoms with Gasteiger partial charge in [-0.3, -0.25) is 19.7 Å². The Morgan fingerprint density at radius 1 is 1.17 bits per heavy atom. The standard InChI is InChI=1S/C19H21ClN4O5/c1-12(2)19(26)23-9-7-22(8-10-23)15-4-3-13(20)11-14(15)21-18(25)16-5-6-17(29-16)24(27)28/h3-6,11-12H,7-10H2,1-2H3,(H,21,25). The number of hydrogen-bond acceptors (Lipinski definition) is 6. The number of nitro groups is 1. The summed E-state index contributed by atoms with van der Waals surface area (Å²) in [6, 6.07) is 7.49. The molecule has 2 aromatic rings. The van der Waals surface area contributed by atoms with Gasteiger partial charge in [-0.2, -0.15) is 0 Å². The molecule has 1 aromatic heterocycles. The maximum absolute atomic E-state index is 12.5. The van der Waals surface area contributed by atoms with Gasteiger partial charge in [-0.05, 0) is 24.3 Å². The first-order valence-corrected chi connectivity index (χ1v) is 9.53. The second-order valence-corrected chi connectivity index (χ2v) is 7.41. The SMILES string of the molecule is CC(C)C(=O)N1CCN(c2ccc(Cl)cc2NC(=O)c2ccc([N+](=O)[O-])o2)CC1. The molecule has 9 nitrogen and oxygen atoms in total. The monoisotopic (exact) mass is 420 g/mol. The predicted molar refractivity (Wildman–Crippen MR) is 108 cm³/mol. The second kappa shape index (κ2) is 8.52. The van der Waals surface area contributed by atoms with E-state index in [1.165, 1.54) is 6.07 Å². The first-order chi connectivity index (χ1) is 13.8. The zero-order valence-electron chi connectivity index (χ0n) is 16.1. The number of rotatable bonds is 5. The van der Waals surface area contributed by atoms with E-state index in [-0.39, 0.29) is 17.6 Å². The van der Waals surface area contributed by atoms with Gasteiger partial charge in [0.05, 0.1) is 17.4 Å². The average molecular weight is 421 g/mol. The van der Waals surface area contributed by atoms with E-state index in [2.05, 4.69) is 10.2 Å². The summed E-state index contributed by atoms with van der Waals surface area (Å²) in [6.07, 6.45) is 0. The topological polar surface area (TPSA) is 109 Å². The van der Waals surface area contributed by atoms with Crippen LogP contribution in [-0.2, 0) is 4.79 Å². The molecule has 2 amide bonds. The van der Waals surface area contributed by atoms with Crippen molar-refractivity contribution in [2.24, 2.45) is 5.92 Å². The molecule has 0 saturated carbocycles. The zero-order chi connectivity index (χ0) is 21.1. The van der Waals surface area contributed by atoms with Crippen LogP contribution in [0.4, 0.5) is 17.3 Å². The fraction of sp³-hybridized carbons (Fsp3) is 0.368. The fourth-order valence-electron chi connectivity index (χ4n) is 3.15. The molecular formula is C19H21ClN4O5. The normalized spacial score (nSPS) is 14.2. The molecule has 0 bridgehead atoms. The van der Waals surface area contributed by atoms with Crippen molar-refractivity contribution in [2.75, 3.05) is 36.4 Å². The van der Waals surface area contributed by atoms with Crippen molar-refractivity contribution in [2.45, 2.75) is 13.8 Å². The molecule has 29 heavy (non-hydrogen) atoms. The third kappa shape index (κ3) is 4.68. The quantitative estimate of drug-likeness (QED) is 0.586. The molecule has 0 unspecified atom stereocenters. The summed E-state index contributed by atoms with van der Waals surface area (Å²) in [4.78, 5) is 38.6. The van der Waals surface area contributed by atoms with Crippen LogP contribution in [0.1, 0.15) is 24.4 Å². The third-order valence-corrected chi connectivity index (χ3v) is 4.86. The number of benzene rings is 1. The van der Waals surface area contributed by atoms with Crippen LogP contribution in [0.25, 0.3) is 0 Å². The van der Waals surface area contributed by atoms with Crippen molar-refractivity contribution < 1.29 is 18.9 Å². The summed E-state index contributed by atoms with van der Waals surface area (Å²) in [5.74, 6) is -1.23. The van der Waals surface area contributed by atoms with Crippen molar-refractivity contribution in [1.82, 2.24) is 4.90 Å². The molecule has 1 aromatic carbocycles. The number of hydrogen-bond donors (Lipinski definition) is 1. The lowest BCUT2D eigenvalue weighted by molar-refractivity contribution is -0.402. The Morgan fingerprint density at radius 3 is 2.45 bits per heavy atom. The zero-order valence-corrected chi connectivity index (χ0v) is 16.8. The molecule has 3 rings (SSSR count). The Balaban J connectivity index is 1.75. The molecule has 0 spiro atoms. The van der Waals surface area contributed by atoms with E-state index in [0.29, 0.717) is 36.9 Å². The molecule has 10 heteroatoms. The summed E-state index contributed by atoms with van der Waals surface area (Å²) in [6.45, 7) is 6.13. The summed E-state index contributed by atoms with van der Waals surface area (Å²) in [5, 5.41) is 13.9. The summed E-state index contributed by atoms with van der Waals surface area (Å²) in [7, 11) is 0. The molecule has 1 aliphatic rings. The van der Waals surface area contributed by atoms with Crippen LogP contribution >= 0.6 is 11.6 Å². The van der Waals surface area contributed by atoms with Crippen molar-refractivity contribution >= 4 is 40.7 Å². The molecule has 1 aliphatic heterocycles. The lowest BCUT2D eigenvalue weighted by Gasteiger charge is -2.37. The highest BCUT2D eigenvalue weighted by molar-refractivity contribution is 6.31. The van der Waals surface area contributed by atoms with Crippen LogP contribution in [0.3, 0.4) is 0 Å². The van der Waals surface area contributed by atoms with Gasteiger partial charge in [-0.15, -0.1) is 0 Å². The molecule has 1 fully saturated rings. The number of furan rings is 1. The predicted octanol–water partition coefficient (Wildman–Crippen LogP) is 3.40. The number of nitrogens with zero attached hydrogens (tertiary/aromatic N) is 3. The van der Waals surface area contributed by atoms with Gasteiger partial charge >= 0.3 is 5.88 Å². The van der Waals surface area contributed by atoms with Gasteiger partial charge in [0, 0.05) is 37.1 Å². The van der Waals surface area contributed by atoms with E-state index in [1.807, 2.05) is 18.7 Å². The molecule has 1 saturated heterocycles. The summed E-state index contributed by atoms with van der Waals surface area (Å²) < 4.78 is 4.96. The Kier molecular flexibility index (Phi) is 6.07. The van der Waals surface area contributed by atoms with Crippen LogP contribution in [0.5, 0.6) is 0 Å². The lowest BCUT2D eigenvalue weighted by Crippen LogP contribution is -2.50. The van der Waals surface area contributed by atoms with Crippen molar-refractivity contribution in [3.05, 3.63) is 51.2 Å². The minimum Gasteiger partial charge on any atom is -0.395 e. The van der Waals surface area contributed by atoms with E-state index in [4.69, 9.17) is 16.0 Å². The van der Waals surface area contributed by atoms with Crippen LogP contribution < -0.4 is 10.2 Å². The number of anilines is 2. The third-order valence-electron chi connectivity index (χ3n) is 4.63. The van der Waals surface area contributed by atoms with Gasteiger partial charge in [-0.1, -0.05) is 25.4 Å². The number of piperazine rings is 1. The van der Waals surface area contributed by atoms with E-state index in [0.717, 1.165) is 11.8 Å². The van der Waals surface area contributed by atoms with Crippen LogP contribution in [0.15, 0.2) is 34.7 Å². The summed E-state index contributed by atoms with van der Waals surface area (Å²) in [5.41, 5.74) is 1.21. The van der Waals surface area contributed by atoms with E-state index in [1.54, 1.807) is 18.2 Å². The number of halogens is 1. The van der Waals surface area contributed by atoms with E-state index < -0.39 is 16.7 Å². The Morgan fingerprint density at radius 2 is 1.86 bits per heavy atom. The van der Waals surface area contributed by atoms with Crippen molar-refractivity contribution in [3.63, 3.8) is 0 Å². The van der Waals surface area contributed by atoms with E-state index in [9.17, 15) is 19.7 Å². The van der Waals surface area contributed by atoms with Gasteiger partial charge in [-0.25, -0.2) is 0 Å². The summed E-state index contributed by atoms with van der Waals surface area (Å²) >= 11 is 6.09. The molecular weight excluding hydrogens is 400 g/mol. The first kappa shape index (κ1) is 20.7. The molecule has 154 valence electrons. The van der Waals surface area contributed by atoms with Crippen molar-refractivity contribution in [1.29, 1.82) is 0 Å². The van der Waals surface area contributed by atoms with Gasteiger partial charge in [0.25, 0.3) is 5.91 Å². The molecule has 0 radical (unpaired) electrons. The fourth-order valence-corrected chi connectivity index (χ4v) is 3.32. The number of carbonyl (C=O) groups is 2. The minimum atomic E-state index is -0.709.